The highest BCUT2D eigenvalue weighted by molar-refractivity contribution is 5.90. The van der Waals surface area contributed by atoms with Crippen LogP contribution in [0.3, 0.4) is 0 Å². The molecule has 0 aromatic heterocycles. The lowest BCUT2D eigenvalue weighted by atomic mass is 9.47. The summed E-state index contributed by atoms with van der Waals surface area (Å²) in [5.41, 5.74) is 5.22. The van der Waals surface area contributed by atoms with E-state index in [1.54, 1.807) is 4.90 Å². The van der Waals surface area contributed by atoms with E-state index < -0.39 is 22.8 Å². The molecule has 6 nitrogen and oxygen atoms in total. The second kappa shape index (κ2) is 4.68. The zero-order valence-electron chi connectivity index (χ0n) is 12.7. The van der Waals surface area contributed by atoms with E-state index in [-0.39, 0.29) is 24.5 Å². The van der Waals surface area contributed by atoms with Gasteiger partial charge in [0.2, 0.25) is 5.91 Å². The SMILES string of the molecule is CC1(C)C2OCCC2C1(N)C(=O)N1CCC[C@@H](C(=O)O)C1. The maximum absolute atomic E-state index is 13.0. The molecule has 2 aliphatic heterocycles. The van der Waals surface area contributed by atoms with E-state index in [2.05, 4.69) is 0 Å². The van der Waals surface area contributed by atoms with Gasteiger partial charge < -0.3 is 20.5 Å². The molecule has 1 aliphatic carbocycles. The largest absolute Gasteiger partial charge is 0.481 e. The fourth-order valence-corrected chi connectivity index (χ4v) is 4.44. The summed E-state index contributed by atoms with van der Waals surface area (Å²) in [5, 5.41) is 9.18. The number of amides is 1. The van der Waals surface area contributed by atoms with Crippen molar-refractivity contribution < 1.29 is 19.4 Å². The van der Waals surface area contributed by atoms with Crippen LogP contribution in [0.2, 0.25) is 0 Å². The van der Waals surface area contributed by atoms with Gasteiger partial charge in [-0.2, -0.15) is 0 Å². The molecule has 3 N–H and O–H groups in total. The predicted octanol–water partition coefficient (Wildman–Crippen LogP) is 0.452. The number of hydrogen-bond donors (Lipinski definition) is 2. The van der Waals surface area contributed by atoms with Gasteiger partial charge in [-0.3, -0.25) is 9.59 Å². The van der Waals surface area contributed by atoms with E-state index in [1.165, 1.54) is 0 Å². The number of aliphatic carboxylic acids is 1. The van der Waals surface area contributed by atoms with E-state index in [4.69, 9.17) is 10.5 Å². The molecule has 4 atom stereocenters. The van der Waals surface area contributed by atoms with Crippen LogP contribution in [0.1, 0.15) is 33.1 Å². The minimum absolute atomic E-state index is 0.0477. The molecule has 3 fully saturated rings. The van der Waals surface area contributed by atoms with Crippen molar-refractivity contribution >= 4 is 11.9 Å². The Morgan fingerprint density at radius 1 is 1.33 bits per heavy atom. The van der Waals surface area contributed by atoms with Crippen molar-refractivity contribution in [2.45, 2.75) is 44.8 Å². The number of nitrogens with two attached hydrogens (primary N) is 1. The second-order valence-corrected chi connectivity index (χ2v) is 7.21. The number of ether oxygens (including phenoxy) is 1. The Hall–Kier alpha value is -1.14. The van der Waals surface area contributed by atoms with Crippen molar-refractivity contribution in [2.24, 2.45) is 23.0 Å². The van der Waals surface area contributed by atoms with E-state index in [0.717, 1.165) is 12.8 Å². The van der Waals surface area contributed by atoms with Gasteiger partial charge in [-0.05, 0) is 19.3 Å². The maximum Gasteiger partial charge on any atom is 0.308 e. The van der Waals surface area contributed by atoms with Crippen LogP contribution in [0.5, 0.6) is 0 Å². The molecule has 6 heteroatoms. The van der Waals surface area contributed by atoms with Gasteiger partial charge >= 0.3 is 5.97 Å². The number of carboxylic acids is 1. The van der Waals surface area contributed by atoms with Gasteiger partial charge in [0.15, 0.2) is 0 Å². The topological polar surface area (TPSA) is 92.9 Å². The number of fused-ring (bicyclic) bond motifs is 1. The van der Waals surface area contributed by atoms with E-state index in [0.29, 0.717) is 19.6 Å². The van der Waals surface area contributed by atoms with Crippen molar-refractivity contribution in [2.75, 3.05) is 19.7 Å². The minimum Gasteiger partial charge on any atom is -0.481 e. The van der Waals surface area contributed by atoms with Gasteiger partial charge in [0.25, 0.3) is 0 Å². The molecule has 118 valence electrons. The Morgan fingerprint density at radius 3 is 2.71 bits per heavy atom. The first-order valence-electron chi connectivity index (χ1n) is 7.73. The Bertz CT molecular complexity index is 478. The fraction of sp³-hybridized carbons (Fsp3) is 0.867. The average Bonchev–Trinajstić information content (AvgIpc) is 2.94. The van der Waals surface area contributed by atoms with Crippen molar-refractivity contribution in [3.63, 3.8) is 0 Å². The zero-order chi connectivity index (χ0) is 15.4. The number of carboxylic acid groups (broad SMARTS) is 1. The monoisotopic (exact) mass is 296 g/mol. The van der Waals surface area contributed by atoms with Gasteiger partial charge in [0, 0.05) is 31.0 Å². The second-order valence-electron chi connectivity index (χ2n) is 7.21. The lowest BCUT2D eigenvalue weighted by Gasteiger charge is -2.62. The molecule has 1 amide bonds. The minimum atomic E-state index is -0.922. The number of carbonyl (C=O) groups excluding carboxylic acids is 1. The molecular weight excluding hydrogens is 272 g/mol. The third-order valence-corrected chi connectivity index (χ3v) is 5.87. The molecule has 1 saturated carbocycles. The van der Waals surface area contributed by atoms with Crippen LogP contribution in [0.15, 0.2) is 0 Å². The first kappa shape index (κ1) is 14.8. The molecular formula is C15H24N2O4. The number of piperidine rings is 1. The van der Waals surface area contributed by atoms with Crippen LogP contribution in [0.25, 0.3) is 0 Å². The molecule has 0 bridgehead atoms. The zero-order valence-corrected chi connectivity index (χ0v) is 12.7. The van der Waals surface area contributed by atoms with Gasteiger partial charge in [0.05, 0.1) is 12.0 Å². The summed E-state index contributed by atoms with van der Waals surface area (Å²) in [6.45, 7) is 5.51. The van der Waals surface area contributed by atoms with Gasteiger partial charge in [-0.1, -0.05) is 13.8 Å². The third-order valence-electron chi connectivity index (χ3n) is 5.87. The van der Waals surface area contributed by atoms with Crippen LogP contribution < -0.4 is 5.73 Å². The van der Waals surface area contributed by atoms with E-state index >= 15 is 0 Å². The van der Waals surface area contributed by atoms with Crippen LogP contribution >= 0.6 is 0 Å². The lowest BCUT2D eigenvalue weighted by molar-refractivity contribution is -0.186. The molecule has 0 aromatic rings. The number of rotatable bonds is 2. The molecule has 21 heavy (non-hydrogen) atoms. The summed E-state index contributed by atoms with van der Waals surface area (Å²) < 4.78 is 5.71. The molecule has 2 saturated heterocycles. The standard InChI is InChI=1S/C15H24N2O4/c1-14(2)11-10(5-7-21-11)15(14,16)13(20)17-6-3-4-9(8-17)12(18)19/h9-11H,3-8,16H2,1-2H3,(H,18,19)/t9-,10?,11?,15?/m1/s1. The Kier molecular flexibility index (Phi) is 3.29. The van der Waals surface area contributed by atoms with Crippen LogP contribution in [0, 0.1) is 17.3 Å². The highest BCUT2D eigenvalue weighted by atomic mass is 16.5. The lowest BCUT2D eigenvalue weighted by Crippen LogP contribution is -2.80. The first-order valence-corrected chi connectivity index (χ1v) is 7.73. The van der Waals surface area contributed by atoms with Gasteiger partial charge in [-0.15, -0.1) is 0 Å². The maximum atomic E-state index is 13.0. The summed E-state index contributed by atoms with van der Waals surface area (Å²) in [4.78, 5) is 25.8. The van der Waals surface area contributed by atoms with Gasteiger partial charge in [-0.25, -0.2) is 0 Å². The van der Waals surface area contributed by atoms with Crippen LogP contribution in [-0.4, -0.2) is 53.2 Å². The predicted molar refractivity (Wildman–Crippen MR) is 75.5 cm³/mol. The van der Waals surface area contributed by atoms with Crippen molar-refractivity contribution in [3.05, 3.63) is 0 Å². The number of likely N-dealkylation sites (tertiary alicyclic amines) is 1. The molecule has 0 aromatic carbocycles. The summed E-state index contributed by atoms with van der Waals surface area (Å²) in [6, 6.07) is 0. The van der Waals surface area contributed by atoms with E-state index in [1.807, 2.05) is 13.8 Å². The first-order chi connectivity index (χ1) is 9.80. The third kappa shape index (κ3) is 1.85. The molecule has 0 radical (unpaired) electrons. The number of nitrogens with zero attached hydrogens (tertiary/aromatic N) is 1. The summed E-state index contributed by atoms with van der Waals surface area (Å²) >= 11 is 0. The molecule has 3 unspecified atom stereocenters. The smallest absolute Gasteiger partial charge is 0.308 e. The fourth-order valence-electron chi connectivity index (χ4n) is 4.44. The average molecular weight is 296 g/mol. The van der Waals surface area contributed by atoms with Crippen molar-refractivity contribution in [1.82, 2.24) is 4.90 Å². The van der Waals surface area contributed by atoms with Gasteiger partial charge in [0.1, 0.15) is 5.54 Å². The van der Waals surface area contributed by atoms with E-state index in [9.17, 15) is 14.7 Å². The summed E-state index contributed by atoms with van der Waals surface area (Å²) in [5.74, 6) is -1.32. The Balaban J connectivity index is 1.80. The summed E-state index contributed by atoms with van der Waals surface area (Å²) in [6.07, 6.45) is 2.22. The molecule has 0 spiro atoms. The molecule has 2 heterocycles. The number of hydrogen-bond acceptors (Lipinski definition) is 4. The van der Waals surface area contributed by atoms with Crippen LogP contribution in [-0.2, 0) is 14.3 Å². The van der Waals surface area contributed by atoms with Crippen molar-refractivity contribution in [1.29, 1.82) is 0 Å². The Morgan fingerprint density at radius 2 is 2.05 bits per heavy atom. The quantitative estimate of drug-likeness (QED) is 0.772. The molecule has 3 aliphatic rings. The highest BCUT2D eigenvalue weighted by Crippen LogP contribution is 2.58. The van der Waals surface area contributed by atoms with Crippen LogP contribution in [0.4, 0.5) is 0 Å². The summed E-state index contributed by atoms with van der Waals surface area (Å²) in [7, 11) is 0. The highest BCUT2D eigenvalue weighted by Gasteiger charge is 2.72. The number of carbonyl (C=O) groups is 2. The normalized spacial score (nSPS) is 41.3. The van der Waals surface area contributed by atoms with Crippen molar-refractivity contribution in [3.8, 4) is 0 Å². The Labute approximate surface area is 124 Å². The molecule has 3 rings (SSSR count).